The van der Waals surface area contributed by atoms with Crippen molar-refractivity contribution in [1.29, 1.82) is 0 Å². The third-order valence-corrected chi connectivity index (χ3v) is 5.83. The Morgan fingerprint density at radius 2 is 1.50 bits per heavy atom. The number of ether oxygens (including phenoxy) is 3. The Bertz CT molecular complexity index is 1490. The van der Waals surface area contributed by atoms with Crippen LogP contribution in [0.1, 0.15) is 21.5 Å². The highest BCUT2D eigenvalue weighted by Gasteiger charge is 2.20. The van der Waals surface area contributed by atoms with Gasteiger partial charge in [-0.25, -0.2) is 0 Å². The molecule has 4 aromatic rings. The molecule has 0 aliphatic carbocycles. The number of hydrogen-bond acceptors (Lipinski definition) is 6. The topological polar surface area (TPSA) is 95.9 Å². The molecule has 1 heterocycles. The molecular weight excluding hydrogens is 460 g/mol. The lowest BCUT2D eigenvalue weighted by Gasteiger charge is -2.16. The molecule has 8 nitrogen and oxygen atoms in total. The first-order valence-corrected chi connectivity index (χ1v) is 11.2. The number of anilines is 1. The fourth-order valence-electron chi connectivity index (χ4n) is 3.90. The lowest BCUT2D eigenvalue weighted by molar-refractivity contribution is -0.116. The quantitative estimate of drug-likeness (QED) is 0.375. The maximum Gasteiger partial charge on any atom is 0.244 e. The molecule has 0 radical (unpaired) electrons. The maximum absolute atomic E-state index is 13.4. The van der Waals surface area contributed by atoms with Gasteiger partial charge in [-0.1, -0.05) is 29.8 Å². The molecule has 1 aromatic heterocycles. The van der Waals surface area contributed by atoms with E-state index in [2.05, 4.69) is 5.32 Å². The Hall–Kier alpha value is -4.59. The highest BCUT2D eigenvalue weighted by molar-refractivity contribution is 6.10. The van der Waals surface area contributed by atoms with Gasteiger partial charge in [0, 0.05) is 23.5 Å². The van der Waals surface area contributed by atoms with Crippen molar-refractivity contribution < 1.29 is 23.8 Å². The summed E-state index contributed by atoms with van der Waals surface area (Å²) >= 11 is 0. The monoisotopic (exact) mass is 486 g/mol. The largest absolute Gasteiger partial charge is 0.497 e. The van der Waals surface area contributed by atoms with Crippen LogP contribution in [0.25, 0.3) is 10.9 Å². The molecule has 0 fully saturated rings. The first kappa shape index (κ1) is 24.5. The van der Waals surface area contributed by atoms with Crippen molar-refractivity contribution in [2.24, 2.45) is 0 Å². The van der Waals surface area contributed by atoms with E-state index in [9.17, 15) is 14.4 Å². The molecule has 0 aliphatic rings. The number of fused-ring (bicyclic) bond motifs is 1. The predicted molar refractivity (Wildman–Crippen MR) is 138 cm³/mol. The molecule has 0 bridgehead atoms. The van der Waals surface area contributed by atoms with Gasteiger partial charge in [0.25, 0.3) is 0 Å². The Morgan fingerprint density at radius 3 is 2.11 bits per heavy atom. The number of aromatic nitrogens is 1. The van der Waals surface area contributed by atoms with Crippen molar-refractivity contribution in [3.63, 3.8) is 0 Å². The summed E-state index contributed by atoms with van der Waals surface area (Å²) in [6.45, 7) is 1.77. The van der Waals surface area contributed by atoms with Crippen LogP contribution in [0.5, 0.6) is 17.2 Å². The summed E-state index contributed by atoms with van der Waals surface area (Å²) in [6.07, 6.45) is 1.42. The number of methoxy groups -OCH3 is 3. The van der Waals surface area contributed by atoms with E-state index in [0.29, 0.717) is 34.0 Å². The van der Waals surface area contributed by atoms with Gasteiger partial charge >= 0.3 is 0 Å². The Labute approximate surface area is 208 Å². The summed E-state index contributed by atoms with van der Waals surface area (Å²) in [5, 5.41) is 3.06. The lowest BCUT2D eigenvalue weighted by atomic mass is 10.0. The summed E-state index contributed by atoms with van der Waals surface area (Å²) in [5.41, 5.74) is 1.89. The van der Waals surface area contributed by atoms with Crippen LogP contribution >= 0.6 is 0 Å². The predicted octanol–water partition coefficient (Wildman–Crippen LogP) is 4.21. The number of pyridine rings is 1. The number of ketones is 1. The minimum absolute atomic E-state index is 0.0455. The number of rotatable bonds is 8. The zero-order valence-electron chi connectivity index (χ0n) is 20.5. The van der Waals surface area contributed by atoms with Crippen molar-refractivity contribution in [2.75, 3.05) is 26.6 Å². The summed E-state index contributed by atoms with van der Waals surface area (Å²) in [4.78, 5) is 39.7. The van der Waals surface area contributed by atoms with Gasteiger partial charge in [-0.2, -0.15) is 0 Å². The smallest absolute Gasteiger partial charge is 0.244 e. The van der Waals surface area contributed by atoms with Crippen LogP contribution < -0.4 is 25.0 Å². The van der Waals surface area contributed by atoms with Gasteiger partial charge in [0.1, 0.15) is 12.3 Å². The first-order valence-electron chi connectivity index (χ1n) is 11.2. The number of amides is 1. The second-order valence-corrected chi connectivity index (χ2v) is 8.20. The summed E-state index contributed by atoms with van der Waals surface area (Å²) < 4.78 is 17.5. The van der Waals surface area contributed by atoms with Crippen LogP contribution in [-0.4, -0.2) is 37.6 Å². The number of carbonyl (C=O) groups excluding carboxylic acids is 2. The van der Waals surface area contributed by atoms with Crippen molar-refractivity contribution in [3.05, 3.63) is 93.8 Å². The second-order valence-electron chi connectivity index (χ2n) is 8.20. The zero-order valence-corrected chi connectivity index (χ0v) is 20.5. The number of aryl methyl sites for hydroxylation is 1. The Balaban J connectivity index is 1.80. The average Bonchev–Trinajstić information content (AvgIpc) is 2.90. The normalized spacial score (nSPS) is 10.7. The molecular formula is C28H26N2O6. The van der Waals surface area contributed by atoms with E-state index >= 15 is 0 Å². The van der Waals surface area contributed by atoms with Gasteiger partial charge in [-0.05, 0) is 37.3 Å². The van der Waals surface area contributed by atoms with Gasteiger partial charge in [-0.3, -0.25) is 14.4 Å². The fourth-order valence-corrected chi connectivity index (χ4v) is 3.90. The lowest BCUT2D eigenvalue weighted by Crippen LogP contribution is -2.24. The zero-order chi connectivity index (χ0) is 25.8. The highest BCUT2D eigenvalue weighted by atomic mass is 16.5. The summed E-state index contributed by atoms with van der Waals surface area (Å²) in [5.74, 6) is 0.636. The van der Waals surface area contributed by atoms with Crippen molar-refractivity contribution in [3.8, 4) is 17.2 Å². The van der Waals surface area contributed by atoms with E-state index in [1.807, 2.05) is 19.1 Å². The van der Waals surface area contributed by atoms with Gasteiger partial charge in [0.2, 0.25) is 11.3 Å². The van der Waals surface area contributed by atoms with E-state index in [1.165, 1.54) is 26.5 Å². The van der Waals surface area contributed by atoms with Crippen molar-refractivity contribution >= 4 is 28.3 Å². The van der Waals surface area contributed by atoms with E-state index in [1.54, 1.807) is 54.1 Å². The molecule has 36 heavy (non-hydrogen) atoms. The van der Waals surface area contributed by atoms with Crippen LogP contribution in [0.2, 0.25) is 0 Å². The number of carbonyl (C=O) groups is 2. The molecule has 184 valence electrons. The molecule has 0 unspecified atom stereocenters. The molecule has 0 spiro atoms. The Kier molecular flexibility index (Phi) is 7.05. The fraction of sp³-hybridized carbons (Fsp3) is 0.179. The molecule has 0 saturated carbocycles. The van der Waals surface area contributed by atoms with E-state index < -0.39 is 11.2 Å². The molecule has 0 saturated heterocycles. The SMILES string of the molecule is COc1ccc(NC(=O)Cn2cc(C(=O)c3ccc(C)cc3)c(=O)c3cc(OC)c(OC)cc32)cc1. The summed E-state index contributed by atoms with van der Waals surface area (Å²) in [7, 11) is 4.51. The molecule has 3 aromatic carbocycles. The van der Waals surface area contributed by atoms with Crippen LogP contribution in [0, 0.1) is 6.92 Å². The van der Waals surface area contributed by atoms with Crippen LogP contribution in [0.15, 0.2) is 71.7 Å². The van der Waals surface area contributed by atoms with Crippen LogP contribution in [0.3, 0.4) is 0 Å². The van der Waals surface area contributed by atoms with Crippen molar-refractivity contribution in [1.82, 2.24) is 4.57 Å². The van der Waals surface area contributed by atoms with E-state index in [0.717, 1.165) is 5.56 Å². The molecule has 0 aliphatic heterocycles. The molecule has 8 heteroatoms. The van der Waals surface area contributed by atoms with Gasteiger partial charge in [-0.15, -0.1) is 0 Å². The molecule has 0 atom stereocenters. The second kappa shape index (κ2) is 10.4. The van der Waals surface area contributed by atoms with Gasteiger partial charge < -0.3 is 24.1 Å². The average molecular weight is 487 g/mol. The van der Waals surface area contributed by atoms with E-state index in [4.69, 9.17) is 14.2 Å². The molecule has 4 rings (SSSR count). The molecule has 1 amide bonds. The third-order valence-electron chi connectivity index (χ3n) is 5.83. The number of benzene rings is 3. The number of nitrogens with one attached hydrogen (secondary N) is 1. The first-order chi connectivity index (χ1) is 17.3. The number of nitrogens with zero attached hydrogens (tertiary/aromatic N) is 1. The van der Waals surface area contributed by atoms with Gasteiger partial charge in [0.15, 0.2) is 17.3 Å². The van der Waals surface area contributed by atoms with Crippen molar-refractivity contribution in [2.45, 2.75) is 13.5 Å². The van der Waals surface area contributed by atoms with Crippen LogP contribution in [0.4, 0.5) is 5.69 Å². The third kappa shape index (κ3) is 4.93. The molecule has 1 N–H and O–H groups in total. The highest BCUT2D eigenvalue weighted by Crippen LogP contribution is 2.31. The number of hydrogen-bond donors (Lipinski definition) is 1. The Morgan fingerprint density at radius 1 is 0.861 bits per heavy atom. The minimum Gasteiger partial charge on any atom is -0.497 e. The standard InChI is InChI=1S/C28H26N2O6/c1-17-5-7-18(8-6-17)27(32)22-15-30(16-26(31)29-19-9-11-20(34-2)12-10-19)23-14-25(36-4)24(35-3)13-21(23)28(22)33/h5-15H,16H2,1-4H3,(H,29,31). The van der Waals surface area contributed by atoms with E-state index in [-0.39, 0.29) is 23.4 Å². The minimum atomic E-state index is -0.455. The van der Waals surface area contributed by atoms with Gasteiger partial charge in [0.05, 0.1) is 37.8 Å². The van der Waals surface area contributed by atoms with Crippen LogP contribution in [-0.2, 0) is 11.3 Å². The maximum atomic E-state index is 13.4. The summed E-state index contributed by atoms with van der Waals surface area (Å²) in [6, 6.07) is 17.0.